The Hall–Kier alpha value is -1.15. The minimum Gasteiger partial charge on any atom is -0.393 e. The highest BCUT2D eigenvalue weighted by Crippen LogP contribution is 2.45. The summed E-state index contributed by atoms with van der Waals surface area (Å²) in [4.78, 5) is 0. The Labute approximate surface area is 183 Å². The highest BCUT2D eigenvalue weighted by molar-refractivity contribution is 5.30. The summed E-state index contributed by atoms with van der Waals surface area (Å²) in [7, 11) is 0. The second-order valence-corrected chi connectivity index (χ2v) is 10.5. The molecule has 3 aliphatic carbocycles. The molecule has 1 aromatic carbocycles. The van der Waals surface area contributed by atoms with Gasteiger partial charge in [0.1, 0.15) is 5.82 Å². The number of benzene rings is 1. The lowest BCUT2D eigenvalue weighted by atomic mass is 9.68. The number of rotatable bonds is 6. The summed E-state index contributed by atoms with van der Waals surface area (Å²) in [5.74, 6) is 3.60. The topological polar surface area (TPSA) is 20.2 Å². The molecule has 0 bridgehead atoms. The molecule has 0 amide bonds. The van der Waals surface area contributed by atoms with Gasteiger partial charge in [-0.15, -0.1) is 6.58 Å². The zero-order chi connectivity index (χ0) is 20.9. The van der Waals surface area contributed by atoms with Crippen molar-refractivity contribution < 1.29 is 9.50 Å². The van der Waals surface area contributed by atoms with Crippen LogP contribution in [0.2, 0.25) is 0 Å². The molecule has 1 aromatic rings. The Kier molecular flexibility index (Phi) is 7.68. The Morgan fingerprint density at radius 1 is 0.833 bits per heavy atom. The van der Waals surface area contributed by atoms with Crippen molar-refractivity contribution in [3.05, 3.63) is 47.8 Å². The first kappa shape index (κ1) is 22.1. The molecule has 1 N–H and O–H groups in total. The van der Waals surface area contributed by atoms with Gasteiger partial charge in [0.25, 0.3) is 0 Å². The van der Waals surface area contributed by atoms with Gasteiger partial charge in [0, 0.05) is 0 Å². The minimum atomic E-state index is -0.180. The van der Waals surface area contributed by atoms with Crippen molar-refractivity contribution in [3.8, 4) is 0 Å². The maximum Gasteiger partial charge on any atom is 0.126 e. The van der Waals surface area contributed by atoms with Gasteiger partial charge < -0.3 is 5.11 Å². The van der Waals surface area contributed by atoms with E-state index < -0.39 is 0 Å². The molecule has 0 spiro atoms. The fourth-order valence-corrected chi connectivity index (χ4v) is 6.74. The maximum absolute atomic E-state index is 14.9. The highest BCUT2D eigenvalue weighted by atomic mass is 19.1. The third kappa shape index (κ3) is 5.36. The van der Waals surface area contributed by atoms with Crippen LogP contribution in [0, 0.1) is 23.6 Å². The molecule has 166 valence electrons. The molecule has 0 radical (unpaired) electrons. The van der Waals surface area contributed by atoms with E-state index in [1.165, 1.54) is 69.8 Å². The zero-order valence-electron chi connectivity index (χ0n) is 18.7. The van der Waals surface area contributed by atoms with Gasteiger partial charge in [-0.3, -0.25) is 0 Å². The summed E-state index contributed by atoms with van der Waals surface area (Å²) in [6.45, 7) is 3.87. The Morgan fingerprint density at radius 2 is 1.43 bits per heavy atom. The van der Waals surface area contributed by atoms with Crippen LogP contribution in [-0.4, -0.2) is 11.2 Å². The number of hydrogen-bond acceptors (Lipinski definition) is 1. The lowest BCUT2D eigenvalue weighted by Gasteiger charge is -2.38. The van der Waals surface area contributed by atoms with Crippen LogP contribution in [-0.2, 0) is 0 Å². The fraction of sp³-hybridized carbons (Fsp3) is 0.714. The van der Waals surface area contributed by atoms with E-state index in [1.807, 2.05) is 6.07 Å². The Morgan fingerprint density at radius 3 is 2.03 bits per heavy atom. The van der Waals surface area contributed by atoms with Crippen LogP contribution in [0.1, 0.15) is 113 Å². The molecule has 1 nitrogen and oxygen atoms in total. The van der Waals surface area contributed by atoms with E-state index in [4.69, 9.17) is 0 Å². The third-order valence-electron chi connectivity index (χ3n) is 8.74. The van der Waals surface area contributed by atoms with Crippen LogP contribution < -0.4 is 0 Å². The number of halogens is 1. The van der Waals surface area contributed by atoms with Gasteiger partial charge in [-0.1, -0.05) is 31.1 Å². The molecule has 30 heavy (non-hydrogen) atoms. The van der Waals surface area contributed by atoms with Crippen LogP contribution in [0.4, 0.5) is 4.39 Å². The molecule has 0 saturated heterocycles. The monoisotopic (exact) mass is 412 g/mol. The smallest absolute Gasteiger partial charge is 0.126 e. The van der Waals surface area contributed by atoms with Crippen molar-refractivity contribution in [1.82, 2.24) is 0 Å². The van der Waals surface area contributed by atoms with E-state index in [2.05, 4.69) is 24.8 Å². The third-order valence-corrected chi connectivity index (χ3v) is 8.74. The number of aliphatic hydroxyl groups excluding tert-OH is 1. The molecule has 0 unspecified atom stereocenters. The van der Waals surface area contributed by atoms with E-state index >= 15 is 0 Å². The maximum atomic E-state index is 14.9. The van der Waals surface area contributed by atoms with Crippen LogP contribution in [0.5, 0.6) is 0 Å². The predicted molar refractivity (Wildman–Crippen MR) is 123 cm³/mol. The van der Waals surface area contributed by atoms with Crippen molar-refractivity contribution in [2.75, 3.05) is 0 Å². The highest BCUT2D eigenvalue weighted by Gasteiger charge is 2.31. The first-order valence-corrected chi connectivity index (χ1v) is 12.7. The summed E-state index contributed by atoms with van der Waals surface area (Å²) in [5.41, 5.74) is 2.10. The largest absolute Gasteiger partial charge is 0.393 e. The molecule has 3 saturated carbocycles. The normalized spacial score (nSPS) is 35.1. The van der Waals surface area contributed by atoms with E-state index in [1.54, 1.807) is 0 Å². The Bertz CT molecular complexity index is 674. The molecule has 0 aliphatic heterocycles. The van der Waals surface area contributed by atoms with Crippen molar-refractivity contribution in [2.24, 2.45) is 17.8 Å². The van der Waals surface area contributed by atoms with Gasteiger partial charge in [0.05, 0.1) is 6.10 Å². The summed E-state index contributed by atoms with van der Waals surface area (Å²) in [6.07, 6.45) is 18.7. The predicted octanol–water partition coefficient (Wildman–Crippen LogP) is 7.89. The van der Waals surface area contributed by atoms with Crippen molar-refractivity contribution in [2.45, 2.75) is 108 Å². The molecule has 3 fully saturated rings. The van der Waals surface area contributed by atoms with Gasteiger partial charge in [0.15, 0.2) is 0 Å². The second kappa shape index (κ2) is 10.4. The Balaban J connectivity index is 1.27. The number of allylic oxidation sites excluding steroid dienone is 1. The lowest BCUT2D eigenvalue weighted by Crippen LogP contribution is -2.25. The molecular formula is C28H41FO. The molecule has 0 aromatic heterocycles. The molecule has 2 heteroatoms. The summed E-state index contributed by atoms with van der Waals surface area (Å²) < 4.78 is 14.9. The summed E-state index contributed by atoms with van der Waals surface area (Å²) in [5, 5.41) is 9.72. The first-order chi connectivity index (χ1) is 14.6. The van der Waals surface area contributed by atoms with Crippen molar-refractivity contribution in [3.63, 3.8) is 0 Å². The van der Waals surface area contributed by atoms with E-state index in [-0.39, 0.29) is 11.9 Å². The fourth-order valence-electron chi connectivity index (χ4n) is 6.74. The molecule has 0 atom stereocenters. The molecule has 0 heterocycles. The van der Waals surface area contributed by atoms with Gasteiger partial charge in [-0.2, -0.15) is 0 Å². The second-order valence-electron chi connectivity index (χ2n) is 10.5. The lowest BCUT2D eigenvalue weighted by molar-refractivity contribution is 0.122. The first-order valence-electron chi connectivity index (χ1n) is 12.7. The van der Waals surface area contributed by atoms with Crippen LogP contribution >= 0.6 is 0 Å². The molecule has 3 aliphatic rings. The quantitative estimate of drug-likeness (QED) is 0.471. The van der Waals surface area contributed by atoms with Gasteiger partial charge in [-0.25, -0.2) is 4.39 Å². The average molecular weight is 413 g/mol. The van der Waals surface area contributed by atoms with E-state index in [0.29, 0.717) is 11.8 Å². The number of aliphatic hydroxyl groups is 1. The van der Waals surface area contributed by atoms with Gasteiger partial charge >= 0.3 is 0 Å². The van der Waals surface area contributed by atoms with Gasteiger partial charge in [-0.05, 0) is 124 Å². The summed E-state index contributed by atoms with van der Waals surface area (Å²) in [6, 6.07) is 6.11. The van der Waals surface area contributed by atoms with Crippen LogP contribution in [0.3, 0.4) is 0 Å². The minimum absolute atomic E-state index is 0.00569. The molecular weight excluding hydrogens is 371 g/mol. The SMILES string of the molecule is C=CCCC1CCC(C2CCC(c3ccc(C4CCC(O)CC4)c(F)c3)CC2)CC1. The summed E-state index contributed by atoms with van der Waals surface area (Å²) >= 11 is 0. The van der Waals surface area contributed by atoms with Crippen LogP contribution in [0.15, 0.2) is 30.9 Å². The number of hydrogen-bond donors (Lipinski definition) is 1. The van der Waals surface area contributed by atoms with Crippen molar-refractivity contribution >= 4 is 0 Å². The van der Waals surface area contributed by atoms with E-state index in [9.17, 15) is 9.50 Å². The molecule has 4 rings (SSSR count). The average Bonchev–Trinajstić information content (AvgIpc) is 2.79. The standard InChI is InChI=1S/C28H41FO/c1-2-3-4-20-5-7-21(8-6-20)22-9-11-23(12-10-22)25-15-18-27(28(29)19-25)24-13-16-26(30)17-14-24/h2,15,18-24,26,30H,1,3-14,16-17H2. The zero-order valence-corrected chi connectivity index (χ0v) is 18.7. The van der Waals surface area contributed by atoms with Crippen molar-refractivity contribution in [1.29, 1.82) is 0 Å². The van der Waals surface area contributed by atoms with Gasteiger partial charge in [0.2, 0.25) is 0 Å². The van der Waals surface area contributed by atoms with Crippen LogP contribution in [0.25, 0.3) is 0 Å². The van der Waals surface area contributed by atoms with E-state index in [0.717, 1.165) is 49.0 Å².